The van der Waals surface area contributed by atoms with Gasteiger partial charge in [-0.1, -0.05) is 0 Å². The van der Waals surface area contributed by atoms with Crippen LogP contribution in [0.4, 0.5) is 0 Å². The number of hydrogen-bond acceptors (Lipinski definition) is 5. The molecule has 0 spiro atoms. The lowest BCUT2D eigenvalue weighted by molar-refractivity contribution is -1.93. The number of hydrogen-bond donors (Lipinski definition) is 1. The maximum absolute atomic E-state index is 8.94. The molecule has 38 valence electrons. The van der Waals surface area contributed by atoms with Crippen LogP contribution in [0.3, 0.4) is 0 Å². The molecule has 0 aliphatic heterocycles. The van der Waals surface area contributed by atoms with Crippen LogP contribution in [0.2, 0.25) is 0 Å². The third kappa shape index (κ3) is 4.09. The smallest absolute Gasteiger partial charge is 0.180 e. The highest BCUT2D eigenvalue weighted by atomic mass is 35.7. The van der Waals surface area contributed by atoms with E-state index in [9.17, 15) is 0 Å². The van der Waals surface area contributed by atoms with Crippen LogP contribution in [-0.4, -0.2) is 5.26 Å². The fraction of sp³-hybridized carbons (Fsp3) is 0. The Hall–Kier alpha value is 0.0900. The van der Waals surface area contributed by atoms with E-state index in [0.29, 0.717) is 0 Å². The van der Waals surface area contributed by atoms with Crippen LogP contribution in [0.5, 0.6) is 0 Å². The van der Waals surface area contributed by atoms with E-state index >= 15 is 0 Å². The van der Waals surface area contributed by atoms with Crippen LogP contribution < -0.4 is 14.0 Å². The molecule has 0 rings (SSSR count). The van der Waals surface area contributed by atoms with Crippen molar-refractivity contribution >= 4 is 0 Å². The van der Waals surface area contributed by atoms with E-state index in [4.69, 9.17) is 19.2 Å². The van der Waals surface area contributed by atoms with Gasteiger partial charge in [-0.3, -0.25) is 0 Å². The lowest BCUT2D eigenvalue weighted by Gasteiger charge is -2.04. The number of rotatable bonds is 1. The van der Waals surface area contributed by atoms with E-state index in [1.165, 1.54) is 0 Å². The largest absolute Gasteiger partial charge is 0.261 e. The van der Waals surface area contributed by atoms with Crippen LogP contribution in [0, 0.1) is 10.2 Å². The van der Waals surface area contributed by atoms with Gasteiger partial charge >= 0.3 is 0 Å². The Morgan fingerprint density at radius 2 is 1.50 bits per heavy atom. The van der Waals surface area contributed by atoms with Crippen molar-refractivity contribution in [2.45, 2.75) is 0 Å². The molecule has 0 heterocycles. The van der Waals surface area contributed by atoms with Gasteiger partial charge in [-0.15, -0.1) is 5.26 Å². The van der Waals surface area contributed by atoms with Crippen molar-refractivity contribution in [3.63, 3.8) is 0 Å². The first-order valence-electron chi connectivity index (χ1n) is 0.800. The van der Waals surface area contributed by atoms with Crippen LogP contribution in [0.1, 0.15) is 0 Å². The summed E-state index contributed by atoms with van der Waals surface area (Å²) in [6, 6.07) is 0. The summed E-state index contributed by atoms with van der Waals surface area (Å²) < 4.78 is 29.2. The summed E-state index contributed by atoms with van der Waals surface area (Å²) in [5.41, 5.74) is 0. The van der Waals surface area contributed by atoms with E-state index in [1.807, 2.05) is 0 Å². The van der Waals surface area contributed by atoms with Gasteiger partial charge in [-0.2, -0.15) is 14.0 Å². The predicted octanol–water partition coefficient (Wildman–Crippen LogP) is -3.63. The fourth-order valence-electron chi connectivity index (χ4n) is 0. The molecule has 0 aliphatic carbocycles. The quantitative estimate of drug-likeness (QED) is 0.282. The molecule has 0 saturated carbocycles. The first-order chi connectivity index (χ1) is 2.56. The van der Waals surface area contributed by atoms with Crippen molar-refractivity contribution in [2.24, 2.45) is 0 Å². The zero-order chi connectivity index (χ0) is 5.21. The van der Waals surface area contributed by atoms with E-state index in [1.54, 1.807) is 0 Å². The second-order valence-electron chi connectivity index (χ2n) is 0.447. The summed E-state index contributed by atoms with van der Waals surface area (Å²) >= 11 is 0. The van der Waals surface area contributed by atoms with Crippen LogP contribution in [0.15, 0.2) is 0 Å². The monoisotopic (exact) mass is 116 g/mol. The molecule has 0 bridgehead atoms. The lowest BCUT2D eigenvalue weighted by Crippen LogP contribution is -2.60. The first kappa shape index (κ1) is 6.09. The molecule has 1 N–H and O–H groups in total. The molecule has 0 fully saturated rings. The highest BCUT2D eigenvalue weighted by Crippen LogP contribution is 1.76. The average Bonchev–Trinajstić information content (AvgIpc) is 1.35. The number of halogens is 1. The van der Waals surface area contributed by atoms with Gasteiger partial charge in [-0.05, 0) is 0 Å². The summed E-state index contributed by atoms with van der Waals surface area (Å²) in [7, 11) is -4.62. The summed E-state index contributed by atoms with van der Waals surface area (Å²) in [4.78, 5) is 0. The second-order valence-corrected chi connectivity index (χ2v) is 1.34. The summed E-state index contributed by atoms with van der Waals surface area (Å²) in [6.45, 7) is 0. The van der Waals surface area contributed by atoms with Gasteiger partial charge in [0.05, 0.1) is 0 Å². The van der Waals surface area contributed by atoms with Gasteiger partial charge in [0.1, 0.15) is 10.2 Å². The Morgan fingerprint density at radius 1 is 1.33 bits per heavy atom. The van der Waals surface area contributed by atoms with Gasteiger partial charge in [0, 0.05) is 0 Å². The third-order valence-corrected chi connectivity index (χ3v) is 0.254. The Balaban J connectivity index is 3.17. The van der Waals surface area contributed by atoms with Crippen molar-refractivity contribution in [1.29, 1.82) is 0 Å². The topological polar surface area (TPSA) is 98.6 Å². The van der Waals surface area contributed by atoms with Gasteiger partial charge in [-0.25, -0.2) is 0 Å². The lowest BCUT2D eigenvalue weighted by atomic mass is 15.0. The summed E-state index contributed by atoms with van der Waals surface area (Å²) in [5, 5.41) is 6.99. The molecule has 0 aliphatic rings. The average molecular weight is 116 g/mol. The maximum atomic E-state index is 8.94. The molecule has 0 amide bonds. The predicted molar refractivity (Wildman–Crippen MR) is 3.71 cm³/mol. The third-order valence-electron chi connectivity index (χ3n) is 0.0845. The van der Waals surface area contributed by atoms with E-state index < -0.39 is 10.2 Å². The molecule has 0 aromatic rings. The zero-order valence-electron chi connectivity index (χ0n) is 2.46. The van der Waals surface area contributed by atoms with Crippen molar-refractivity contribution in [1.82, 2.24) is 0 Å². The summed E-state index contributed by atoms with van der Waals surface area (Å²) in [5.74, 6) is 0. The fourth-order valence-corrected chi connectivity index (χ4v) is 0. The molecule has 0 aromatic heterocycles. The molecular weight excluding hydrogens is 115 g/mol. The second kappa shape index (κ2) is 1.69. The van der Waals surface area contributed by atoms with Crippen LogP contribution >= 0.6 is 0 Å². The zero-order valence-corrected chi connectivity index (χ0v) is 3.21. The highest BCUT2D eigenvalue weighted by Gasteiger charge is 2.13. The maximum Gasteiger partial charge on any atom is 0.261 e. The van der Waals surface area contributed by atoms with Gasteiger partial charge in [0.2, 0.25) is 0 Å². The molecular formula is HClO5. The van der Waals surface area contributed by atoms with Crippen molar-refractivity contribution in [2.75, 3.05) is 0 Å². The molecule has 0 aromatic carbocycles. The van der Waals surface area contributed by atoms with Crippen molar-refractivity contribution in [3.8, 4) is 0 Å². The molecule has 5 nitrogen and oxygen atoms in total. The van der Waals surface area contributed by atoms with Gasteiger partial charge in [0.25, 0.3) is 4.44 Å². The molecule has 0 saturated heterocycles. The van der Waals surface area contributed by atoms with Gasteiger partial charge in [0.15, 0.2) is 0 Å². The normalized spacial score (nSPS) is 12.0. The minimum absolute atomic E-state index is 2.33. The molecule has 0 atom stereocenters. The Labute approximate surface area is 35.1 Å². The van der Waals surface area contributed by atoms with E-state index in [2.05, 4.69) is 4.44 Å². The van der Waals surface area contributed by atoms with E-state index in [0.717, 1.165) is 0 Å². The van der Waals surface area contributed by atoms with Crippen LogP contribution in [-0.2, 0) is 4.44 Å². The van der Waals surface area contributed by atoms with Gasteiger partial charge < -0.3 is 0 Å². The minimum Gasteiger partial charge on any atom is -0.180 e. The van der Waals surface area contributed by atoms with Crippen molar-refractivity contribution in [3.05, 3.63) is 0 Å². The Morgan fingerprint density at radius 3 is 1.50 bits per heavy atom. The molecule has 0 unspecified atom stereocenters. The SMILES string of the molecule is [O-][Cl+3]([O-])([O-])OO. The molecule has 0 radical (unpaired) electrons. The minimum atomic E-state index is -4.62. The van der Waals surface area contributed by atoms with E-state index in [-0.39, 0.29) is 0 Å². The van der Waals surface area contributed by atoms with Crippen molar-refractivity contribution < 1.29 is 33.9 Å². The first-order valence-corrected chi connectivity index (χ1v) is 2.03. The van der Waals surface area contributed by atoms with Crippen LogP contribution in [0.25, 0.3) is 0 Å². The molecule has 6 heavy (non-hydrogen) atoms. The molecule has 6 heteroatoms. The Bertz CT molecular complexity index is 33.7. The summed E-state index contributed by atoms with van der Waals surface area (Å²) in [6.07, 6.45) is 0. The standard InChI is InChI=1S/ClHO5/c2-1(3,4)6-5/h5H. The Kier molecular flexibility index (Phi) is 1.72. The highest BCUT2D eigenvalue weighted by molar-refractivity contribution is 2.48.